The fourth-order valence-electron chi connectivity index (χ4n) is 3.08. The van der Waals surface area contributed by atoms with Gasteiger partial charge < -0.3 is 10.1 Å². The van der Waals surface area contributed by atoms with Crippen LogP contribution in [-0.2, 0) is 9.53 Å². The zero-order chi connectivity index (χ0) is 19.4. The number of methoxy groups -OCH3 is 1. The predicted molar refractivity (Wildman–Crippen MR) is 102 cm³/mol. The predicted octanol–water partition coefficient (Wildman–Crippen LogP) is 3.21. The van der Waals surface area contributed by atoms with E-state index in [0.717, 1.165) is 0 Å². The first kappa shape index (κ1) is 18.3. The first-order valence-electron chi connectivity index (χ1n) is 8.61. The lowest BCUT2D eigenvalue weighted by Gasteiger charge is -2.18. The molecule has 136 valence electrons. The summed E-state index contributed by atoms with van der Waals surface area (Å²) in [5, 5.41) is 13.2. The van der Waals surface area contributed by atoms with Gasteiger partial charge in [0.1, 0.15) is 6.04 Å². The second-order valence-corrected chi connectivity index (χ2v) is 6.34. The number of nitrogens with zero attached hydrogens (tertiary/aromatic N) is 2. The van der Waals surface area contributed by atoms with Crippen LogP contribution in [0, 0.1) is 17.2 Å². The Morgan fingerprint density at radius 2 is 1.67 bits per heavy atom. The molecule has 0 bridgehead atoms. The highest BCUT2D eigenvalue weighted by atomic mass is 16.5. The Kier molecular flexibility index (Phi) is 5.32. The van der Waals surface area contributed by atoms with E-state index in [-0.39, 0.29) is 6.42 Å². The molecule has 1 aromatic heterocycles. The van der Waals surface area contributed by atoms with Crippen molar-refractivity contribution in [2.45, 2.75) is 19.4 Å². The number of pyridine rings is 1. The molecular weight excluding hydrogens is 342 g/mol. The number of nitrogens with one attached hydrogen (secondary N) is 1. The third-order valence-corrected chi connectivity index (χ3v) is 4.42. The largest absolute Gasteiger partial charge is 0.467 e. The van der Waals surface area contributed by atoms with Gasteiger partial charge in [0.15, 0.2) is 0 Å². The highest BCUT2D eigenvalue weighted by molar-refractivity contribution is 6.16. The van der Waals surface area contributed by atoms with Crippen molar-refractivity contribution in [1.82, 2.24) is 10.3 Å². The van der Waals surface area contributed by atoms with Gasteiger partial charge in [-0.05, 0) is 25.5 Å². The maximum absolute atomic E-state index is 13.1. The number of fused-ring (bicyclic) bond motifs is 2. The number of hydrogen-bond donors (Lipinski definition) is 1. The number of esters is 1. The van der Waals surface area contributed by atoms with Gasteiger partial charge in [0, 0.05) is 16.7 Å². The first-order valence-corrected chi connectivity index (χ1v) is 8.61. The zero-order valence-corrected chi connectivity index (χ0v) is 15.1. The van der Waals surface area contributed by atoms with Crippen LogP contribution in [0.4, 0.5) is 0 Å². The molecule has 3 rings (SSSR count). The lowest BCUT2D eigenvalue weighted by Crippen LogP contribution is -2.42. The minimum atomic E-state index is -0.900. The standard InChI is InChI=1S/C21H19N3O3/c1-13(12-22)11-18(21(26)27-2)24-20(25)19-14-7-3-5-9-16(14)23-17-10-6-4-8-15(17)19/h3-10,13,18H,11H2,1-2H3,(H,24,25)/t13-,18+/m0/s1. The number of para-hydroxylation sites is 2. The molecule has 0 aliphatic heterocycles. The summed E-state index contributed by atoms with van der Waals surface area (Å²) in [6, 6.07) is 15.9. The van der Waals surface area contributed by atoms with Gasteiger partial charge in [-0.2, -0.15) is 5.26 Å². The third-order valence-electron chi connectivity index (χ3n) is 4.42. The van der Waals surface area contributed by atoms with Crippen LogP contribution in [0.2, 0.25) is 0 Å². The molecule has 0 saturated carbocycles. The van der Waals surface area contributed by atoms with Gasteiger partial charge in [-0.15, -0.1) is 0 Å². The molecule has 2 aromatic carbocycles. The second kappa shape index (κ2) is 7.83. The van der Waals surface area contributed by atoms with Gasteiger partial charge in [0.2, 0.25) is 0 Å². The Labute approximate surface area is 156 Å². The van der Waals surface area contributed by atoms with Crippen molar-refractivity contribution in [3.8, 4) is 6.07 Å². The van der Waals surface area contributed by atoms with Gasteiger partial charge >= 0.3 is 5.97 Å². The van der Waals surface area contributed by atoms with Crippen LogP contribution in [0.3, 0.4) is 0 Å². The van der Waals surface area contributed by atoms with E-state index in [0.29, 0.717) is 27.4 Å². The molecule has 6 heteroatoms. The molecule has 3 aromatic rings. The van der Waals surface area contributed by atoms with E-state index in [2.05, 4.69) is 16.4 Å². The van der Waals surface area contributed by atoms with Gasteiger partial charge in [-0.3, -0.25) is 4.79 Å². The van der Waals surface area contributed by atoms with Crippen molar-refractivity contribution in [2.75, 3.05) is 7.11 Å². The Morgan fingerprint density at radius 3 is 2.19 bits per heavy atom. The maximum Gasteiger partial charge on any atom is 0.328 e. The SMILES string of the molecule is COC(=O)[C@@H](C[C@H](C)C#N)NC(=O)c1c2ccccc2nc2ccccc12. The van der Waals surface area contributed by atoms with Crippen molar-refractivity contribution in [3.63, 3.8) is 0 Å². The number of aromatic nitrogens is 1. The van der Waals surface area contributed by atoms with Crippen LogP contribution in [0.25, 0.3) is 21.8 Å². The molecule has 0 unspecified atom stereocenters. The van der Waals surface area contributed by atoms with Crippen LogP contribution in [0.15, 0.2) is 48.5 Å². The van der Waals surface area contributed by atoms with E-state index in [9.17, 15) is 9.59 Å². The molecule has 1 heterocycles. The van der Waals surface area contributed by atoms with E-state index in [1.54, 1.807) is 6.92 Å². The fourth-order valence-corrected chi connectivity index (χ4v) is 3.08. The number of carbonyl (C=O) groups is 2. The summed E-state index contributed by atoms with van der Waals surface area (Å²) in [5.41, 5.74) is 1.84. The molecule has 0 radical (unpaired) electrons. The van der Waals surface area contributed by atoms with Gasteiger partial charge in [-0.1, -0.05) is 36.4 Å². The Hall–Kier alpha value is -3.46. The number of amides is 1. The van der Waals surface area contributed by atoms with Gasteiger partial charge in [0.05, 0.1) is 29.8 Å². The number of benzene rings is 2. The number of rotatable bonds is 5. The van der Waals surface area contributed by atoms with Crippen molar-refractivity contribution in [2.24, 2.45) is 5.92 Å². The smallest absolute Gasteiger partial charge is 0.328 e. The minimum absolute atomic E-state index is 0.176. The molecular formula is C21H19N3O3. The normalized spacial score (nSPS) is 12.9. The topological polar surface area (TPSA) is 92.1 Å². The highest BCUT2D eigenvalue weighted by Gasteiger charge is 2.26. The molecule has 0 saturated heterocycles. The summed E-state index contributed by atoms with van der Waals surface area (Å²) in [6.07, 6.45) is 0.176. The van der Waals surface area contributed by atoms with Gasteiger partial charge in [0.25, 0.3) is 5.91 Å². The summed E-state index contributed by atoms with van der Waals surface area (Å²) in [6.45, 7) is 1.69. The molecule has 0 aliphatic rings. The Morgan fingerprint density at radius 1 is 1.11 bits per heavy atom. The molecule has 2 atom stereocenters. The summed E-state index contributed by atoms with van der Waals surface area (Å²) >= 11 is 0. The van der Waals surface area contributed by atoms with Crippen molar-refractivity contribution < 1.29 is 14.3 Å². The Balaban J connectivity index is 2.08. The molecule has 0 aliphatic carbocycles. The average molecular weight is 361 g/mol. The quantitative estimate of drug-likeness (QED) is 0.556. The molecule has 1 N–H and O–H groups in total. The Bertz CT molecular complexity index is 1000. The number of ether oxygens (including phenoxy) is 1. The van der Waals surface area contributed by atoms with Crippen molar-refractivity contribution in [3.05, 3.63) is 54.1 Å². The van der Waals surface area contributed by atoms with E-state index in [1.807, 2.05) is 48.5 Å². The van der Waals surface area contributed by atoms with Crippen molar-refractivity contribution in [1.29, 1.82) is 5.26 Å². The lowest BCUT2D eigenvalue weighted by molar-refractivity contribution is -0.143. The second-order valence-electron chi connectivity index (χ2n) is 6.34. The average Bonchev–Trinajstić information content (AvgIpc) is 2.70. The van der Waals surface area contributed by atoms with E-state index in [4.69, 9.17) is 10.00 Å². The highest BCUT2D eigenvalue weighted by Crippen LogP contribution is 2.26. The van der Waals surface area contributed by atoms with Crippen LogP contribution < -0.4 is 5.32 Å². The number of hydrogen-bond acceptors (Lipinski definition) is 5. The van der Waals surface area contributed by atoms with Crippen LogP contribution in [0.1, 0.15) is 23.7 Å². The van der Waals surface area contributed by atoms with Crippen molar-refractivity contribution >= 4 is 33.7 Å². The van der Waals surface area contributed by atoms with Crippen LogP contribution in [-0.4, -0.2) is 30.0 Å². The minimum Gasteiger partial charge on any atom is -0.467 e. The molecule has 6 nitrogen and oxygen atoms in total. The fraction of sp³-hybridized carbons (Fsp3) is 0.238. The number of nitriles is 1. The number of carbonyl (C=O) groups excluding carboxylic acids is 2. The van der Waals surface area contributed by atoms with E-state index < -0.39 is 23.8 Å². The molecule has 27 heavy (non-hydrogen) atoms. The van der Waals surface area contributed by atoms with Crippen LogP contribution >= 0.6 is 0 Å². The summed E-state index contributed by atoms with van der Waals surface area (Å²) < 4.78 is 4.79. The molecule has 0 spiro atoms. The monoisotopic (exact) mass is 361 g/mol. The van der Waals surface area contributed by atoms with E-state index >= 15 is 0 Å². The van der Waals surface area contributed by atoms with Crippen LogP contribution in [0.5, 0.6) is 0 Å². The summed E-state index contributed by atoms with van der Waals surface area (Å²) in [5.74, 6) is -1.38. The molecule has 0 fully saturated rings. The lowest BCUT2D eigenvalue weighted by atomic mass is 10.00. The zero-order valence-electron chi connectivity index (χ0n) is 15.1. The first-order chi connectivity index (χ1) is 13.0. The summed E-state index contributed by atoms with van der Waals surface area (Å²) in [4.78, 5) is 29.8. The van der Waals surface area contributed by atoms with E-state index in [1.165, 1.54) is 7.11 Å². The third kappa shape index (κ3) is 3.72. The summed E-state index contributed by atoms with van der Waals surface area (Å²) in [7, 11) is 1.26. The van der Waals surface area contributed by atoms with Gasteiger partial charge in [-0.25, -0.2) is 9.78 Å². The maximum atomic E-state index is 13.1. The molecule has 1 amide bonds.